The summed E-state index contributed by atoms with van der Waals surface area (Å²) in [5.74, 6) is 1.53. The number of anilines is 2. The van der Waals surface area contributed by atoms with Crippen LogP contribution < -0.4 is 15.4 Å². The standard InChI is InChI=1S/C26H33N5O2/c1-2-17-4-3-5-19(14-17)30-26-29-16-23-24(31-26)22(18-6-8-20(32)9-7-18)15-28-25(23)33-21-10-12-27-13-11-21/h3-5,14-16,18,20-21,27,32H,2,6-13H2,1H3,(H,29,30,31)/t18-,20-. The maximum absolute atomic E-state index is 9.99. The van der Waals surface area contributed by atoms with Gasteiger partial charge in [0.05, 0.1) is 17.0 Å². The SMILES string of the molecule is CCc1cccc(Nc2ncc3c(OC4CCNCC4)ncc([C@H]4CC[C@H](O)CC4)c3n2)c1. The number of nitrogens with zero attached hydrogens (tertiary/aromatic N) is 3. The van der Waals surface area contributed by atoms with Crippen molar-refractivity contribution in [2.24, 2.45) is 0 Å². The number of nitrogens with one attached hydrogen (secondary N) is 2. The molecular weight excluding hydrogens is 414 g/mol. The molecule has 3 N–H and O–H groups in total. The van der Waals surface area contributed by atoms with E-state index in [0.29, 0.717) is 17.7 Å². The first-order chi connectivity index (χ1) is 16.2. The maximum Gasteiger partial charge on any atom is 0.227 e. The van der Waals surface area contributed by atoms with Gasteiger partial charge in [-0.3, -0.25) is 0 Å². The van der Waals surface area contributed by atoms with Crippen molar-refractivity contribution in [3.63, 3.8) is 0 Å². The lowest BCUT2D eigenvalue weighted by molar-refractivity contribution is 0.122. The van der Waals surface area contributed by atoms with Crippen molar-refractivity contribution in [1.29, 1.82) is 0 Å². The van der Waals surface area contributed by atoms with Crippen LogP contribution >= 0.6 is 0 Å². The Labute approximate surface area is 195 Å². The third-order valence-electron chi connectivity index (χ3n) is 6.91. The second-order valence-corrected chi connectivity index (χ2v) is 9.23. The second-order valence-electron chi connectivity index (χ2n) is 9.23. The lowest BCUT2D eigenvalue weighted by Gasteiger charge is -2.27. The van der Waals surface area contributed by atoms with Gasteiger partial charge in [0.2, 0.25) is 11.8 Å². The molecular formula is C26H33N5O2. The summed E-state index contributed by atoms with van der Waals surface area (Å²) < 4.78 is 6.32. The minimum absolute atomic E-state index is 0.159. The highest BCUT2D eigenvalue weighted by atomic mass is 16.5. The first-order valence-corrected chi connectivity index (χ1v) is 12.3. The topological polar surface area (TPSA) is 92.2 Å². The van der Waals surface area contributed by atoms with Gasteiger partial charge in [0.25, 0.3) is 0 Å². The van der Waals surface area contributed by atoms with Gasteiger partial charge in [-0.2, -0.15) is 0 Å². The van der Waals surface area contributed by atoms with Crippen molar-refractivity contribution in [3.05, 3.63) is 47.8 Å². The quantitative estimate of drug-likeness (QED) is 0.513. The van der Waals surface area contributed by atoms with Gasteiger partial charge in [-0.1, -0.05) is 19.1 Å². The molecule has 2 fully saturated rings. The summed E-state index contributed by atoms with van der Waals surface area (Å²) in [4.78, 5) is 14.3. The molecule has 1 aromatic carbocycles. The van der Waals surface area contributed by atoms with Crippen molar-refractivity contribution in [1.82, 2.24) is 20.3 Å². The zero-order chi connectivity index (χ0) is 22.6. The summed E-state index contributed by atoms with van der Waals surface area (Å²) in [6.07, 6.45) is 10.2. The molecule has 7 nitrogen and oxygen atoms in total. The first-order valence-electron chi connectivity index (χ1n) is 12.3. The molecule has 0 radical (unpaired) electrons. The number of hydrogen-bond donors (Lipinski definition) is 3. The summed E-state index contributed by atoms with van der Waals surface area (Å²) in [6.45, 7) is 4.08. The fraction of sp³-hybridized carbons (Fsp3) is 0.500. The highest BCUT2D eigenvalue weighted by Crippen LogP contribution is 2.38. The van der Waals surface area contributed by atoms with Crippen LogP contribution in [-0.2, 0) is 6.42 Å². The predicted molar refractivity (Wildman–Crippen MR) is 130 cm³/mol. The molecule has 0 amide bonds. The van der Waals surface area contributed by atoms with E-state index in [-0.39, 0.29) is 12.2 Å². The van der Waals surface area contributed by atoms with Crippen LogP contribution in [0.4, 0.5) is 11.6 Å². The molecule has 2 aliphatic rings. The Kier molecular flexibility index (Phi) is 6.69. The van der Waals surface area contributed by atoms with Gasteiger partial charge < -0.3 is 20.5 Å². The summed E-state index contributed by atoms with van der Waals surface area (Å²) in [5, 5.41) is 17.6. The van der Waals surface area contributed by atoms with E-state index in [1.54, 1.807) is 0 Å². The van der Waals surface area contributed by atoms with Gasteiger partial charge in [-0.05, 0) is 81.6 Å². The summed E-state index contributed by atoms with van der Waals surface area (Å²) in [7, 11) is 0. The number of hydrogen-bond acceptors (Lipinski definition) is 7. The van der Waals surface area contributed by atoms with Gasteiger partial charge in [0.15, 0.2) is 0 Å². The van der Waals surface area contributed by atoms with Crippen LogP contribution in [0.2, 0.25) is 0 Å². The fourth-order valence-corrected chi connectivity index (χ4v) is 4.93. The third-order valence-corrected chi connectivity index (χ3v) is 6.91. The molecule has 0 spiro atoms. The second kappa shape index (κ2) is 10.0. The largest absolute Gasteiger partial charge is 0.474 e. The van der Waals surface area contributed by atoms with Crippen LogP contribution in [0.5, 0.6) is 5.88 Å². The molecule has 1 saturated carbocycles. The molecule has 1 saturated heterocycles. The molecule has 7 heteroatoms. The monoisotopic (exact) mass is 447 g/mol. The minimum Gasteiger partial charge on any atom is -0.474 e. The molecule has 0 unspecified atom stereocenters. The van der Waals surface area contributed by atoms with Gasteiger partial charge in [-0.15, -0.1) is 0 Å². The number of aliphatic hydroxyl groups is 1. The third kappa shape index (κ3) is 5.09. The van der Waals surface area contributed by atoms with Crippen LogP contribution in [-0.4, -0.2) is 45.4 Å². The summed E-state index contributed by atoms with van der Waals surface area (Å²) >= 11 is 0. The van der Waals surface area contributed by atoms with Crippen molar-refractivity contribution in [2.75, 3.05) is 18.4 Å². The Balaban J connectivity index is 1.50. The number of aromatic nitrogens is 3. The normalized spacial score (nSPS) is 21.8. The van der Waals surface area contributed by atoms with Crippen molar-refractivity contribution < 1.29 is 9.84 Å². The number of benzene rings is 1. The van der Waals surface area contributed by atoms with Crippen molar-refractivity contribution >= 4 is 22.5 Å². The molecule has 1 aliphatic carbocycles. The van der Waals surface area contributed by atoms with E-state index in [4.69, 9.17) is 14.7 Å². The van der Waals surface area contributed by atoms with Gasteiger partial charge in [0.1, 0.15) is 6.10 Å². The van der Waals surface area contributed by atoms with Crippen LogP contribution in [0.25, 0.3) is 10.9 Å². The molecule has 1 aliphatic heterocycles. The van der Waals surface area contributed by atoms with E-state index >= 15 is 0 Å². The molecule has 2 aromatic heterocycles. The van der Waals surface area contributed by atoms with Crippen molar-refractivity contribution in [2.45, 2.75) is 70.0 Å². The maximum atomic E-state index is 9.99. The number of fused-ring (bicyclic) bond motifs is 1. The Morgan fingerprint density at radius 3 is 2.67 bits per heavy atom. The highest BCUT2D eigenvalue weighted by molar-refractivity contribution is 5.87. The molecule has 5 rings (SSSR count). The molecule has 3 aromatic rings. The summed E-state index contributed by atoms with van der Waals surface area (Å²) in [5.41, 5.74) is 4.28. The molecule has 0 bridgehead atoms. The number of aliphatic hydroxyl groups excluding tert-OH is 1. The first kappa shape index (κ1) is 22.0. The zero-order valence-electron chi connectivity index (χ0n) is 19.3. The van der Waals surface area contributed by atoms with E-state index < -0.39 is 0 Å². The fourth-order valence-electron chi connectivity index (χ4n) is 4.93. The van der Waals surface area contributed by atoms with Crippen LogP contribution in [0.3, 0.4) is 0 Å². The zero-order valence-corrected chi connectivity index (χ0v) is 19.3. The lowest BCUT2D eigenvalue weighted by atomic mass is 9.83. The molecule has 3 heterocycles. The molecule has 0 atom stereocenters. The lowest BCUT2D eigenvalue weighted by Crippen LogP contribution is -2.34. The Hall–Kier alpha value is -2.77. The van der Waals surface area contributed by atoms with Crippen LogP contribution in [0.1, 0.15) is 62.5 Å². The van der Waals surface area contributed by atoms with Crippen LogP contribution in [0, 0.1) is 0 Å². The predicted octanol–water partition coefficient (Wildman–Crippen LogP) is 4.48. The smallest absolute Gasteiger partial charge is 0.227 e. The number of aryl methyl sites for hydroxylation is 1. The molecule has 174 valence electrons. The van der Waals surface area contributed by atoms with Gasteiger partial charge >= 0.3 is 0 Å². The van der Waals surface area contributed by atoms with E-state index in [9.17, 15) is 5.11 Å². The van der Waals surface area contributed by atoms with Crippen LogP contribution in [0.15, 0.2) is 36.7 Å². The van der Waals surface area contributed by atoms with E-state index in [1.165, 1.54) is 5.56 Å². The average Bonchev–Trinajstić information content (AvgIpc) is 2.85. The molecule has 33 heavy (non-hydrogen) atoms. The van der Waals surface area contributed by atoms with Crippen molar-refractivity contribution in [3.8, 4) is 5.88 Å². The Morgan fingerprint density at radius 2 is 1.88 bits per heavy atom. The van der Waals surface area contributed by atoms with Gasteiger partial charge in [0, 0.05) is 23.6 Å². The minimum atomic E-state index is -0.194. The Bertz CT molecular complexity index is 1090. The Morgan fingerprint density at radius 1 is 1.06 bits per heavy atom. The van der Waals surface area contributed by atoms with Gasteiger partial charge in [-0.25, -0.2) is 15.0 Å². The van der Waals surface area contributed by atoms with E-state index in [0.717, 1.165) is 80.2 Å². The number of piperidine rings is 1. The summed E-state index contributed by atoms with van der Waals surface area (Å²) in [6, 6.07) is 8.34. The number of rotatable bonds is 6. The highest BCUT2D eigenvalue weighted by Gasteiger charge is 2.25. The van der Waals surface area contributed by atoms with E-state index in [1.807, 2.05) is 18.5 Å². The number of ether oxygens (including phenoxy) is 1. The number of pyridine rings is 1. The average molecular weight is 448 g/mol. The van der Waals surface area contributed by atoms with E-state index in [2.05, 4.69) is 40.7 Å².